The Hall–Kier alpha value is -2.16. The lowest BCUT2D eigenvalue weighted by Crippen LogP contribution is -2.29. The zero-order valence-electron chi connectivity index (χ0n) is 11.0. The summed E-state index contributed by atoms with van der Waals surface area (Å²) in [5.74, 6) is 0.574. The van der Waals surface area contributed by atoms with Gasteiger partial charge in [0.25, 0.3) is 0 Å². The molecule has 0 saturated carbocycles. The molecular weight excluding hydrogens is 251 g/mol. The van der Waals surface area contributed by atoms with E-state index in [1.807, 2.05) is 18.3 Å². The van der Waals surface area contributed by atoms with E-state index in [-0.39, 0.29) is 11.9 Å². The minimum atomic E-state index is -0.163. The van der Waals surface area contributed by atoms with Gasteiger partial charge in [-0.3, -0.25) is 4.98 Å². The minimum absolute atomic E-state index is 0.163. The number of hydrogen-bond donors (Lipinski definition) is 1. The molecule has 20 heavy (non-hydrogen) atoms. The Bertz CT molecular complexity index is 666. The molecule has 0 spiro atoms. The number of allylic oxidation sites excluding steroid dienone is 2. The quantitative estimate of drug-likeness (QED) is 0.788. The molecule has 1 N–H and O–H groups in total. The van der Waals surface area contributed by atoms with Crippen LogP contribution in [0.5, 0.6) is 0 Å². The third-order valence-corrected chi connectivity index (χ3v) is 4.37. The molecule has 3 heteroatoms. The number of rotatable bonds is 1. The summed E-state index contributed by atoms with van der Waals surface area (Å²) in [7, 11) is 0. The first-order valence-corrected chi connectivity index (χ1v) is 6.95. The molecule has 1 aromatic heterocycles. The van der Waals surface area contributed by atoms with Crippen molar-refractivity contribution in [2.45, 2.75) is 18.4 Å². The van der Waals surface area contributed by atoms with Crippen LogP contribution in [-0.2, 0) is 0 Å². The number of hydrogen-bond acceptors (Lipinski definition) is 2. The van der Waals surface area contributed by atoms with Crippen molar-refractivity contribution < 1.29 is 4.39 Å². The van der Waals surface area contributed by atoms with Crippen LogP contribution in [0, 0.1) is 11.7 Å². The van der Waals surface area contributed by atoms with Crippen LogP contribution in [0.2, 0.25) is 0 Å². The zero-order chi connectivity index (χ0) is 13.5. The lowest BCUT2D eigenvalue weighted by Gasteiger charge is -2.37. The van der Waals surface area contributed by atoms with Crippen LogP contribution < -0.4 is 5.32 Å². The Morgan fingerprint density at radius 2 is 2.20 bits per heavy atom. The fraction of sp³-hybridized carbons (Fsp3) is 0.235. The normalized spacial score (nSPS) is 26.8. The Morgan fingerprint density at radius 3 is 3.05 bits per heavy atom. The van der Waals surface area contributed by atoms with Gasteiger partial charge in [0.15, 0.2) is 0 Å². The molecule has 2 heterocycles. The van der Waals surface area contributed by atoms with Gasteiger partial charge in [-0.1, -0.05) is 18.2 Å². The molecule has 0 fully saturated rings. The predicted octanol–water partition coefficient (Wildman–Crippen LogP) is 4.05. The molecule has 2 aliphatic rings. The molecule has 0 radical (unpaired) electrons. The summed E-state index contributed by atoms with van der Waals surface area (Å²) < 4.78 is 13.5. The van der Waals surface area contributed by atoms with Crippen LogP contribution in [0.15, 0.2) is 54.9 Å². The largest absolute Gasteiger partial charge is 0.378 e. The molecule has 4 rings (SSSR count). The Labute approximate surface area is 117 Å². The number of benzene rings is 1. The second-order valence-electron chi connectivity index (χ2n) is 5.49. The van der Waals surface area contributed by atoms with E-state index in [0.29, 0.717) is 11.8 Å². The van der Waals surface area contributed by atoms with Gasteiger partial charge < -0.3 is 5.32 Å². The molecule has 0 bridgehead atoms. The van der Waals surface area contributed by atoms with Gasteiger partial charge in [0.05, 0.1) is 6.04 Å². The maximum atomic E-state index is 13.5. The highest BCUT2D eigenvalue weighted by atomic mass is 19.1. The first-order chi connectivity index (χ1) is 9.83. The SMILES string of the molecule is Fc1ccc2c(c1)[C@@H]1C=CC[C@@H]1[C@@H](c1cccnc1)N2. The van der Waals surface area contributed by atoms with Gasteiger partial charge in [-0.15, -0.1) is 0 Å². The minimum Gasteiger partial charge on any atom is -0.378 e. The molecule has 1 aliphatic heterocycles. The zero-order valence-corrected chi connectivity index (χ0v) is 11.0. The average Bonchev–Trinajstić information content (AvgIpc) is 2.97. The number of nitrogens with one attached hydrogen (secondary N) is 1. The fourth-order valence-electron chi connectivity index (χ4n) is 3.46. The van der Waals surface area contributed by atoms with Crippen molar-refractivity contribution in [2.75, 3.05) is 5.32 Å². The van der Waals surface area contributed by atoms with Gasteiger partial charge in [-0.2, -0.15) is 0 Å². The Kier molecular flexibility index (Phi) is 2.59. The van der Waals surface area contributed by atoms with Crippen molar-refractivity contribution in [3.8, 4) is 0 Å². The maximum absolute atomic E-state index is 13.5. The molecule has 1 aliphatic carbocycles. The molecule has 0 amide bonds. The second-order valence-corrected chi connectivity index (χ2v) is 5.49. The van der Waals surface area contributed by atoms with Crippen LogP contribution in [0.3, 0.4) is 0 Å². The lowest BCUT2D eigenvalue weighted by atomic mass is 9.77. The standard InChI is InChI=1S/C17H15FN2/c18-12-6-7-16-15(9-12)13-4-1-5-14(13)17(20-16)11-3-2-8-19-10-11/h1-4,6-10,13-14,17,20H,5H2/t13-,14+,17-/m1/s1. The second kappa shape index (κ2) is 4.44. The predicted molar refractivity (Wildman–Crippen MR) is 77.0 cm³/mol. The highest BCUT2D eigenvalue weighted by Crippen LogP contribution is 2.49. The van der Waals surface area contributed by atoms with E-state index in [1.165, 1.54) is 11.6 Å². The number of pyridine rings is 1. The number of fused-ring (bicyclic) bond motifs is 3. The summed E-state index contributed by atoms with van der Waals surface area (Å²) in [5, 5.41) is 3.57. The van der Waals surface area contributed by atoms with Crippen LogP contribution in [0.4, 0.5) is 10.1 Å². The van der Waals surface area contributed by atoms with E-state index in [1.54, 1.807) is 12.3 Å². The van der Waals surface area contributed by atoms with Crippen LogP contribution in [0.25, 0.3) is 0 Å². The van der Waals surface area contributed by atoms with Gasteiger partial charge in [-0.05, 0) is 47.7 Å². The van der Waals surface area contributed by atoms with Crippen molar-refractivity contribution >= 4 is 5.69 Å². The molecular formula is C17H15FN2. The summed E-state index contributed by atoms with van der Waals surface area (Å²) in [6.45, 7) is 0. The third-order valence-electron chi connectivity index (χ3n) is 4.37. The van der Waals surface area contributed by atoms with Gasteiger partial charge in [0.2, 0.25) is 0 Å². The molecule has 0 saturated heterocycles. The Balaban J connectivity index is 1.80. The molecule has 2 aromatic rings. The first-order valence-electron chi connectivity index (χ1n) is 6.95. The lowest BCUT2D eigenvalue weighted by molar-refractivity contribution is 0.423. The number of halogens is 1. The van der Waals surface area contributed by atoms with Crippen molar-refractivity contribution in [2.24, 2.45) is 5.92 Å². The van der Waals surface area contributed by atoms with Crippen molar-refractivity contribution in [3.63, 3.8) is 0 Å². The summed E-state index contributed by atoms with van der Waals surface area (Å²) in [6.07, 6.45) is 9.16. The van der Waals surface area contributed by atoms with Gasteiger partial charge >= 0.3 is 0 Å². The topological polar surface area (TPSA) is 24.9 Å². The Morgan fingerprint density at radius 1 is 1.25 bits per heavy atom. The number of nitrogens with zero attached hydrogens (tertiary/aromatic N) is 1. The molecule has 100 valence electrons. The van der Waals surface area contributed by atoms with E-state index >= 15 is 0 Å². The van der Waals surface area contributed by atoms with E-state index in [4.69, 9.17) is 0 Å². The molecule has 0 unspecified atom stereocenters. The van der Waals surface area contributed by atoms with Gasteiger partial charge in [-0.25, -0.2) is 4.39 Å². The molecule has 2 nitrogen and oxygen atoms in total. The van der Waals surface area contributed by atoms with Gasteiger partial charge in [0.1, 0.15) is 5.82 Å². The van der Waals surface area contributed by atoms with Crippen LogP contribution in [0.1, 0.15) is 29.5 Å². The number of anilines is 1. The van der Waals surface area contributed by atoms with E-state index in [9.17, 15) is 4.39 Å². The average molecular weight is 266 g/mol. The number of aromatic nitrogens is 1. The van der Waals surface area contributed by atoms with Crippen molar-refractivity contribution in [1.29, 1.82) is 0 Å². The highest BCUT2D eigenvalue weighted by Gasteiger charge is 2.37. The van der Waals surface area contributed by atoms with Crippen LogP contribution in [-0.4, -0.2) is 4.98 Å². The van der Waals surface area contributed by atoms with E-state index in [2.05, 4.69) is 28.5 Å². The third kappa shape index (κ3) is 1.73. The van der Waals surface area contributed by atoms with E-state index < -0.39 is 0 Å². The monoisotopic (exact) mass is 266 g/mol. The summed E-state index contributed by atoms with van der Waals surface area (Å²) >= 11 is 0. The smallest absolute Gasteiger partial charge is 0.123 e. The first kappa shape index (κ1) is 11.6. The van der Waals surface area contributed by atoms with Crippen molar-refractivity contribution in [1.82, 2.24) is 4.98 Å². The molecule has 3 atom stereocenters. The fourth-order valence-corrected chi connectivity index (χ4v) is 3.46. The van der Waals surface area contributed by atoms with E-state index in [0.717, 1.165) is 17.7 Å². The van der Waals surface area contributed by atoms with Crippen molar-refractivity contribution in [3.05, 3.63) is 71.8 Å². The van der Waals surface area contributed by atoms with Gasteiger partial charge in [0, 0.05) is 24.0 Å². The maximum Gasteiger partial charge on any atom is 0.123 e. The summed E-state index contributed by atoms with van der Waals surface area (Å²) in [5.41, 5.74) is 3.30. The molecule has 1 aromatic carbocycles. The summed E-state index contributed by atoms with van der Waals surface area (Å²) in [6, 6.07) is 9.33. The van der Waals surface area contributed by atoms with Crippen LogP contribution >= 0.6 is 0 Å². The summed E-state index contributed by atoms with van der Waals surface area (Å²) in [4.78, 5) is 4.22. The highest BCUT2D eigenvalue weighted by molar-refractivity contribution is 5.59.